The number of likely N-dealkylation sites (N-methyl/N-ethyl adjacent to an activating group) is 1. The number of aliphatic hydroxyl groups excluding tert-OH is 2. The van der Waals surface area contributed by atoms with E-state index in [-0.39, 0.29) is 81.4 Å². The van der Waals surface area contributed by atoms with E-state index in [9.17, 15) is 58.2 Å². The molecule has 518 valence electrons. The van der Waals surface area contributed by atoms with E-state index in [4.69, 9.17) is 24.7 Å². The summed E-state index contributed by atoms with van der Waals surface area (Å²) in [7, 11) is 2.97. The van der Waals surface area contributed by atoms with Crippen LogP contribution in [0.25, 0.3) is 6.08 Å². The number of likely N-dealkylation sites (tertiary alicyclic amines) is 1. The van der Waals surface area contributed by atoms with E-state index in [0.29, 0.717) is 62.9 Å². The summed E-state index contributed by atoms with van der Waals surface area (Å²) in [6, 6.07) is 2.13. The Morgan fingerprint density at radius 3 is 2.23 bits per heavy atom. The topological polar surface area (TPSA) is 369 Å². The van der Waals surface area contributed by atoms with Crippen molar-refractivity contribution in [2.45, 2.75) is 227 Å². The molecule has 0 radical (unpaired) electrons. The molecule has 11 atom stereocenters. The largest absolute Gasteiger partial charge is 0.460 e. The second kappa shape index (κ2) is 34.4. The maximum atomic E-state index is 14.5. The lowest BCUT2D eigenvalue weighted by Crippen LogP contribution is -2.58. The number of amides is 9. The molecular formula is C66H102N10O16S. The zero-order valence-electron chi connectivity index (χ0n) is 56.6. The number of Topliss-reactive ketones (excluding diaryl/α,β-unsaturated/α-hetero) is 1. The van der Waals surface area contributed by atoms with E-state index in [1.807, 2.05) is 33.8 Å². The number of ketones is 1. The number of nitrogens with one attached hydrogen (secondary N) is 6. The highest BCUT2D eigenvalue weighted by Crippen LogP contribution is 2.45. The van der Waals surface area contributed by atoms with Crippen molar-refractivity contribution < 1.29 is 77.1 Å². The van der Waals surface area contributed by atoms with Crippen LogP contribution in [0.1, 0.15) is 169 Å². The third-order valence-corrected chi connectivity index (χ3v) is 19.0. The highest BCUT2D eigenvalue weighted by Gasteiger charge is 2.53. The van der Waals surface area contributed by atoms with E-state index >= 15 is 0 Å². The number of primary amides is 1. The van der Waals surface area contributed by atoms with Crippen molar-refractivity contribution in [1.82, 2.24) is 41.4 Å². The Labute approximate surface area is 550 Å². The summed E-state index contributed by atoms with van der Waals surface area (Å²) in [6.45, 7) is 21.1. The molecule has 3 fully saturated rings. The number of nitrogens with two attached hydrogens (primary N) is 1. The molecule has 10 N–H and O–H groups in total. The Bertz CT molecular complexity index is 2970. The fourth-order valence-electron chi connectivity index (χ4n) is 11.8. The Morgan fingerprint density at radius 1 is 0.946 bits per heavy atom. The molecule has 3 aliphatic heterocycles. The molecule has 93 heavy (non-hydrogen) atoms. The number of fused-ring (bicyclic) bond motifs is 1. The lowest BCUT2D eigenvalue weighted by Gasteiger charge is -2.38. The third kappa shape index (κ3) is 22.6. The van der Waals surface area contributed by atoms with Gasteiger partial charge < -0.3 is 76.6 Å². The first-order valence-corrected chi connectivity index (χ1v) is 33.2. The maximum Gasteiger partial charge on any atom is 0.408 e. The molecule has 0 spiro atoms. The Kier molecular flexibility index (Phi) is 28.3. The average molecular weight is 1320 g/mol. The van der Waals surface area contributed by atoms with Gasteiger partial charge in [0, 0.05) is 87.5 Å². The van der Waals surface area contributed by atoms with Crippen molar-refractivity contribution in [1.29, 1.82) is 0 Å². The second-order valence-corrected chi connectivity index (χ2v) is 28.1. The van der Waals surface area contributed by atoms with Gasteiger partial charge >= 0.3 is 18.1 Å². The number of piperidine rings is 1. The van der Waals surface area contributed by atoms with Gasteiger partial charge in [0.2, 0.25) is 35.4 Å². The van der Waals surface area contributed by atoms with Gasteiger partial charge in [0.25, 0.3) is 0 Å². The minimum atomic E-state index is -1.62. The van der Waals surface area contributed by atoms with Crippen molar-refractivity contribution in [2.75, 3.05) is 39.0 Å². The van der Waals surface area contributed by atoms with Gasteiger partial charge in [0.05, 0.1) is 34.8 Å². The van der Waals surface area contributed by atoms with E-state index in [0.717, 1.165) is 20.4 Å². The summed E-state index contributed by atoms with van der Waals surface area (Å²) in [5, 5.41) is 39.7. The van der Waals surface area contributed by atoms with E-state index in [1.165, 1.54) is 39.2 Å². The summed E-state index contributed by atoms with van der Waals surface area (Å²) < 4.78 is 24.2. The number of esters is 1. The van der Waals surface area contributed by atoms with Crippen LogP contribution < -0.4 is 37.6 Å². The number of rotatable bonds is 24. The van der Waals surface area contributed by atoms with Crippen molar-refractivity contribution in [3.05, 3.63) is 51.5 Å². The maximum absolute atomic E-state index is 14.5. The first-order valence-electron chi connectivity index (χ1n) is 32.4. The predicted molar refractivity (Wildman–Crippen MR) is 348 cm³/mol. The van der Waals surface area contributed by atoms with Crippen LogP contribution in [0.2, 0.25) is 0 Å². The molecule has 1 aromatic carbocycles. The Balaban J connectivity index is 1.14. The molecule has 3 saturated heterocycles. The van der Waals surface area contributed by atoms with E-state index < -0.39 is 119 Å². The van der Waals surface area contributed by atoms with Crippen LogP contribution in [0, 0.1) is 36.0 Å². The monoisotopic (exact) mass is 1320 g/mol. The van der Waals surface area contributed by atoms with Gasteiger partial charge in [-0.2, -0.15) is 0 Å². The number of nitrogens with zero attached hydrogens (tertiary/aromatic N) is 3. The van der Waals surface area contributed by atoms with Gasteiger partial charge in [0.1, 0.15) is 42.2 Å². The summed E-state index contributed by atoms with van der Waals surface area (Å²) >= 11 is 1.53. The predicted octanol–water partition coefficient (Wildman–Crippen LogP) is 5.54. The van der Waals surface area contributed by atoms with Crippen LogP contribution in [0.4, 0.5) is 15.3 Å². The number of aromatic nitrogens is 1. The van der Waals surface area contributed by atoms with Gasteiger partial charge in [0.15, 0.2) is 6.29 Å². The number of thiazole rings is 1. The highest BCUT2D eigenvalue weighted by atomic mass is 32.1. The van der Waals surface area contributed by atoms with Crippen LogP contribution >= 0.6 is 11.3 Å². The zero-order chi connectivity index (χ0) is 69.3. The number of aryl methyl sites for hydroxylation is 1. The lowest BCUT2D eigenvalue weighted by molar-refractivity contribution is -0.170. The number of anilines is 1. The molecule has 9 amide bonds. The van der Waals surface area contributed by atoms with Crippen LogP contribution in [0.5, 0.6) is 0 Å². The summed E-state index contributed by atoms with van der Waals surface area (Å²) in [5.41, 5.74) is 3.37. The number of aliphatic hydroxyl groups is 2. The smallest absolute Gasteiger partial charge is 0.408 e. The quantitative estimate of drug-likeness (QED) is 0.0354. The normalized spacial score (nSPS) is 24.2. The molecule has 26 nitrogen and oxygen atoms in total. The molecule has 1 aromatic heterocycles. The number of benzene rings is 1. The van der Waals surface area contributed by atoms with Crippen LogP contribution in [0.15, 0.2) is 36.0 Å². The molecule has 0 saturated carbocycles. The van der Waals surface area contributed by atoms with Crippen molar-refractivity contribution in [3.8, 4) is 0 Å². The van der Waals surface area contributed by atoms with Crippen LogP contribution in [0.3, 0.4) is 0 Å². The second-order valence-electron chi connectivity index (χ2n) is 26.8. The number of hydrogen-bond acceptors (Lipinski definition) is 18. The first kappa shape index (κ1) is 76.6. The molecule has 4 heterocycles. The molecule has 11 unspecified atom stereocenters. The molecule has 3 aliphatic rings. The summed E-state index contributed by atoms with van der Waals surface area (Å²) in [5.74, 6) is -5.57. The number of hydrogen-bond donors (Lipinski definition) is 9. The molecule has 27 heteroatoms. The molecule has 0 bridgehead atoms. The number of carbonyl (C=O) groups excluding carboxylic acids is 10. The van der Waals surface area contributed by atoms with Gasteiger partial charge in [-0.1, -0.05) is 60.1 Å². The lowest BCUT2D eigenvalue weighted by atomic mass is 9.72. The zero-order valence-corrected chi connectivity index (χ0v) is 57.5. The molecular weight excluding hydrogens is 1220 g/mol. The number of alkyl carbamates (subject to hydrolysis) is 1. The van der Waals surface area contributed by atoms with Crippen LogP contribution in [-0.4, -0.2) is 178 Å². The van der Waals surface area contributed by atoms with Crippen molar-refractivity contribution in [3.63, 3.8) is 0 Å². The van der Waals surface area contributed by atoms with E-state index in [2.05, 4.69) is 36.9 Å². The number of carbonyl (C=O) groups is 10. The summed E-state index contributed by atoms with van der Waals surface area (Å²) in [6.07, 6.45) is 2.04. The van der Waals surface area contributed by atoms with Crippen molar-refractivity contribution in [2.24, 2.45) is 34.8 Å². The first-order chi connectivity index (χ1) is 43.6. The standard InChI is InChI=1S/C66H102N10O16S/c1-37(2)54(73-51(78)20-15-21-52(79)76-30-26-44(27-31-76)57(82)68-13)59(84)72-47(19-17-29-69-62(67)87)58(83)71-45-24-22-43(23-25-45)36-89-63(88)74-65(10,11)61(86)75(14)41(6)60(85)91-55-38(3)18-16-28-66(12)50(92-66)33-48(39(4)32-46-35-70-42(7)93-46)90-53(80)34-49(77)64(8,9)56(81)40(55)5/h22-25,32,35,37-38,40-41,44,47-50,53-55,77,80H,15-21,26-31,33-34,36H2,1-14H3,(H,68,82)(H,71,83)(H,72,84)(H,73,78)(H,74,88)(H3,67,69,87). The average Bonchev–Trinajstić information content (AvgIpc) is 1.64. The Hall–Kier alpha value is -7.07. The number of ether oxygens (including phenoxy) is 4. The van der Waals surface area contributed by atoms with Crippen LogP contribution in [-0.2, 0) is 63.9 Å². The third-order valence-electron chi connectivity index (χ3n) is 18.2. The SMILES string of the molecule is CNC(=O)C1CCN(C(=O)CCCC(=O)NC(C(=O)NC(CCCNC(N)=O)C(=O)Nc2ccc(COC(=O)NC(C)(C)C(=O)N(C)C(C)C(=O)OC3C(C)CCCC4(C)OC4CC(C(C)=Cc4cnc(C)s4)OC(O)CC(O)C(C)(C)C(=O)C3C)cc2)C(C)C)CC1. The van der Waals surface area contributed by atoms with Gasteiger partial charge in [-0.3, -0.25) is 33.6 Å². The number of urea groups is 1. The minimum absolute atomic E-state index is 0.0273. The highest BCUT2D eigenvalue weighted by molar-refractivity contribution is 7.12. The van der Waals surface area contributed by atoms with Gasteiger partial charge in [-0.05, 0) is 128 Å². The fourth-order valence-corrected chi connectivity index (χ4v) is 12.6. The number of epoxide rings is 1. The van der Waals surface area contributed by atoms with Gasteiger partial charge in [-0.15, -0.1) is 11.3 Å². The van der Waals surface area contributed by atoms with Crippen molar-refractivity contribution >= 4 is 82.4 Å². The Morgan fingerprint density at radius 2 is 1.61 bits per heavy atom. The fraction of sp³-hybridized carbons (Fsp3) is 0.682. The molecule has 0 aliphatic carbocycles. The van der Waals surface area contributed by atoms with Gasteiger partial charge in [-0.25, -0.2) is 19.4 Å². The molecule has 2 aromatic rings. The summed E-state index contributed by atoms with van der Waals surface area (Å²) in [4.78, 5) is 141. The van der Waals surface area contributed by atoms with E-state index in [1.54, 1.807) is 77.0 Å². The molecule has 5 rings (SSSR count). The minimum Gasteiger partial charge on any atom is -0.460 e.